The zero-order valence-electron chi connectivity index (χ0n) is 4.62. The van der Waals surface area contributed by atoms with Gasteiger partial charge in [0.05, 0.1) is 11.4 Å². The van der Waals surface area contributed by atoms with Crippen molar-refractivity contribution >= 4 is 0 Å². The zero-order valence-corrected chi connectivity index (χ0v) is 4.62. The molecule has 1 aliphatic heterocycles. The van der Waals surface area contributed by atoms with E-state index in [2.05, 4.69) is 30.6 Å². The lowest BCUT2D eigenvalue weighted by atomic mass is 10.2. The van der Waals surface area contributed by atoms with Crippen molar-refractivity contribution in [1.82, 2.24) is 10.9 Å². The van der Waals surface area contributed by atoms with Gasteiger partial charge in [0.15, 0.2) is 0 Å². The van der Waals surface area contributed by atoms with E-state index in [4.69, 9.17) is 0 Å². The van der Waals surface area contributed by atoms with Crippen LogP contribution >= 0.6 is 0 Å². The molecule has 0 aliphatic carbocycles. The first-order chi connectivity index (χ1) is 3.72. The standard InChI is InChI=1S/C6H8N2/c1-4-5(2)7-8-6(4)3/h7-8H,1-3H2. The number of hydrazine groups is 1. The molecule has 0 atom stereocenters. The molecule has 2 heteroatoms. The third-order valence-corrected chi connectivity index (χ3v) is 1.09. The van der Waals surface area contributed by atoms with Crippen LogP contribution in [0.1, 0.15) is 0 Å². The van der Waals surface area contributed by atoms with Gasteiger partial charge in [-0.3, -0.25) is 0 Å². The van der Waals surface area contributed by atoms with E-state index in [1.807, 2.05) is 0 Å². The first-order valence-corrected chi connectivity index (χ1v) is 2.31. The summed E-state index contributed by atoms with van der Waals surface area (Å²) in [6.07, 6.45) is 0. The number of nitrogens with one attached hydrogen (secondary N) is 2. The van der Waals surface area contributed by atoms with Crippen LogP contribution < -0.4 is 10.9 Å². The van der Waals surface area contributed by atoms with Gasteiger partial charge in [-0.25, -0.2) is 0 Å². The first kappa shape index (κ1) is 4.97. The summed E-state index contributed by atoms with van der Waals surface area (Å²) < 4.78 is 0. The summed E-state index contributed by atoms with van der Waals surface area (Å²) in [6.45, 7) is 11.0. The second-order valence-corrected chi connectivity index (χ2v) is 1.69. The van der Waals surface area contributed by atoms with Crippen molar-refractivity contribution in [3.05, 3.63) is 36.7 Å². The molecular formula is C6H8N2. The molecule has 42 valence electrons. The van der Waals surface area contributed by atoms with E-state index in [9.17, 15) is 0 Å². The lowest BCUT2D eigenvalue weighted by molar-refractivity contribution is 0.781. The minimum absolute atomic E-state index is 0.801. The van der Waals surface area contributed by atoms with Crippen LogP contribution in [-0.2, 0) is 0 Å². The lowest BCUT2D eigenvalue weighted by Crippen LogP contribution is -2.18. The molecule has 0 aromatic carbocycles. The summed E-state index contributed by atoms with van der Waals surface area (Å²) in [6, 6.07) is 0. The smallest absolute Gasteiger partial charge is 0.0555 e. The number of hydrogen-bond acceptors (Lipinski definition) is 2. The van der Waals surface area contributed by atoms with Gasteiger partial charge in [0.25, 0.3) is 0 Å². The predicted octanol–water partition coefficient (Wildman–Crippen LogP) is 0.678. The van der Waals surface area contributed by atoms with Crippen molar-refractivity contribution in [3.63, 3.8) is 0 Å². The Labute approximate surface area is 48.6 Å². The maximum atomic E-state index is 3.69. The maximum Gasteiger partial charge on any atom is 0.0555 e. The van der Waals surface area contributed by atoms with E-state index in [0.29, 0.717) is 0 Å². The van der Waals surface area contributed by atoms with E-state index in [1.54, 1.807) is 0 Å². The Balaban J connectivity index is 2.86. The third-order valence-electron chi connectivity index (χ3n) is 1.09. The first-order valence-electron chi connectivity index (χ1n) is 2.31. The second-order valence-electron chi connectivity index (χ2n) is 1.69. The molecule has 1 saturated heterocycles. The third kappa shape index (κ3) is 0.503. The Hall–Kier alpha value is -1.18. The minimum Gasteiger partial charge on any atom is -0.301 e. The van der Waals surface area contributed by atoms with Crippen LogP contribution in [-0.4, -0.2) is 0 Å². The zero-order chi connectivity index (χ0) is 6.15. The molecule has 0 amide bonds. The average Bonchev–Trinajstić information content (AvgIpc) is 1.98. The summed E-state index contributed by atoms with van der Waals surface area (Å²) in [5.41, 5.74) is 8.00. The highest BCUT2D eigenvalue weighted by molar-refractivity contribution is 5.43. The Bertz CT molecular complexity index is 149. The van der Waals surface area contributed by atoms with Crippen molar-refractivity contribution in [2.45, 2.75) is 0 Å². The Morgan fingerprint density at radius 2 is 1.25 bits per heavy atom. The molecule has 0 bridgehead atoms. The fraction of sp³-hybridized carbons (Fsp3) is 0. The van der Waals surface area contributed by atoms with Crippen molar-refractivity contribution in [2.24, 2.45) is 0 Å². The molecule has 0 spiro atoms. The quantitative estimate of drug-likeness (QED) is 0.476. The van der Waals surface area contributed by atoms with Gasteiger partial charge in [0.2, 0.25) is 0 Å². The van der Waals surface area contributed by atoms with Crippen LogP contribution in [0.15, 0.2) is 36.7 Å². The van der Waals surface area contributed by atoms with Crippen molar-refractivity contribution < 1.29 is 0 Å². The highest BCUT2D eigenvalue weighted by Crippen LogP contribution is 2.13. The van der Waals surface area contributed by atoms with Gasteiger partial charge in [-0.2, -0.15) is 0 Å². The number of rotatable bonds is 0. The molecule has 1 rings (SSSR count). The van der Waals surface area contributed by atoms with Crippen molar-refractivity contribution in [2.75, 3.05) is 0 Å². The van der Waals surface area contributed by atoms with Crippen LogP contribution in [0.2, 0.25) is 0 Å². The summed E-state index contributed by atoms with van der Waals surface area (Å²) >= 11 is 0. The Morgan fingerprint density at radius 1 is 0.875 bits per heavy atom. The highest BCUT2D eigenvalue weighted by atomic mass is 15.4. The van der Waals surface area contributed by atoms with Crippen LogP contribution in [0.5, 0.6) is 0 Å². The Morgan fingerprint density at radius 3 is 1.38 bits per heavy atom. The summed E-state index contributed by atoms with van der Waals surface area (Å²) in [7, 11) is 0. The number of hydrogen-bond donors (Lipinski definition) is 2. The topological polar surface area (TPSA) is 24.1 Å². The summed E-state index contributed by atoms with van der Waals surface area (Å²) in [5.74, 6) is 0. The van der Waals surface area contributed by atoms with E-state index >= 15 is 0 Å². The van der Waals surface area contributed by atoms with Crippen molar-refractivity contribution in [1.29, 1.82) is 0 Å². The molecule has 1 fully saturated rings. The second kappa shape index (κ2) is 1.40. The predicted molar refractivity (Wildman–Crippen MR) is 33.7 cm³/mol. The maximum absolute atomic E-state index is 3.69. The molecule has 2 nitrogen and oxygen atoms in total. The van der Waals surface area contributed by atoms with E-state index < -0.39 is 0 Å². The van der Waals surface area contributed by atoms with Gasteiger partial charge in [-0.15, -0.1) is 0 Å². The molecule has 0 aromatic heterocycles. The molecule has 1 heterocycles. The van der Waals surface area contributed by atoms with Gasteiger partial charge < -0.3 is 10.9 Å². The van der Waals surface area contributed by atoms with Crippen LogP contribution in [0.3, 0.4) is 0 Å². The molecule has 0 radical (unpaired) electrons. The largest absolute Gasteiger partial charge is 0.301 e. The molecule has 0 saturated carbocycles. The monoisotopic (exact) mass is 108 g/mol. The van der Waals surface area contributed by atoms with Gasteiger partial charge in [-0.1, -0.05) is 19.7 Å². The molecule has 8 heavy (non-hydrogen) atoms. The molecule has 0 aromatic rings. The van der Waals surface area contributed by atoms with Gasteiger partial charge >= 0.3 is 0 Å². The van der Waals surface area contributed by atoms with Crippen molar-refractivity contribution in [3.8, 4) is 0 Å². The van der Waals surface area contributed by atoms with Crippen LogP contribution in [0.4, 0.5) is 0 Å². The SMILES string of the molecule is C=C1NNC(=C)C1=C. The highest BCUT2D eigenvalue weighted by Gasteiger charge is 2.09. The summed E-state index contributed by atoms with van der Waals surface area (Å²) in [4.78, 5) is 0. The Kier molecular flexibility index (Phi) is 0.870. The van der Waals surface area contributed by atoms with Crippen LogP contribution in [0, 0.1) is 0 Å². The average molecular weight is 108 g/mol. The molecule has 1 aliphatic rings. The van der Waals surface area contributed by atoms with Gasteiger partial charge in [-0.05, 0) is 0 Å². The minimum atomic E-state index is 0.801. The molecule has 0 unspecified atom stereocenters. The van der Waals surface area contributed by atoms with Gasteiger partial charge in [0.1, 0.15) is 0 Å². The van der Waals surface area contributed by atoms with Crippen LogP contribution in [0.25, 0.3) is 0 Å². The normalized spacial score (nSPS) is 18.2. The lowest BCUT2D eigenvalue weighted by Gasteiger charge is -1.90. The fourth-order valence-electron chi connectivity index (χ4n) is 0.484. The van der Waals surface area contributed by atoms with Gasteiger partial charge in [0, 0.05) is 5.57 Å². The van der Waals surface area contributed by atoms with E-state index in [0.717, 1.165) is 17.0 Å². The fourth-order valence-corrected chi connectivity index (χ4v) is 0.484. The molecular weight excluding hydrogens is 100 g/mol. The summed E-state index contributed by atoms with van der Waals surface area (Å²) in [5, 5.41) is 0. The molecule has 2 N–H and O–H groups in total. The van der Waals surface area contributed by atoms with E-state index in [1.165, 1.54) is 0 Å². The van der Waals surface area contributed by atoms with E-state index in [-0.39, 0.29) is 0 Å².